The van der Waals surface area contributed by atoms with E-state index < -0.39 is 0 Å². The zero-order chi connectivity index (χ0) is 18.8. The molecular weight excluding hydrogens is 334 g/mol. The summed E-state index contributed by atoms with van der Waals surface area (Å²) in [6, 6.07) is 8.98. The van der Waals surface area contributed by atoms with E-state index in [1.54, 1.807) is 11.1 Å². The summed E-state index contributed by atoms with van der Waals surface area (Å²) in [4.78, 5) is 7.91. The molecule has 2 saturated heterocycles. The van der Waals surface area contributed by atoms with Gasteiger partial charge in [0.05, 0.1) is 0 Å². The Labute approximate surface area is 165 Å². The van der Waals surface area contributed by atoms with Crippen molar-refractivity contribution in [1.29, 1.82) is 0 Å². The quantitative estimate of drug-likeness (QED) is 0.862. The number of nitrogens with zero attached hydrogens (tertiary/aromatic N) is 3. The minimum atomic E-state index is 0.304. The van der Waals surface area contributed by atoms with Crippen molar-refractivity contribution in [3.05, 3.63) is 29.3 Å². The number of piperazine rings is 1. The monoisotopic (exact) mass is 371 g/mol. The Bertz CT molecular complexity index is 624. The molecule has 1 atom stereocenters. The molecule has 2 fully saturated rings. The highest BCUT2D eigenvalue weighted by atomic mass is 16.3. The molecule has 2 aliphatic heterocycles. The third-order valence-electron chi connectivity index (χ3n) is 7.11. The second-order valence-corrected chi connectivity index (χ2v) is 9.02. The maximum atomic E-state index is 9.49. The van der Waals surface area contributed by atoms with Crippen LogP contribution in [0.2, 0.25) is 0 Å². The zero-order valence-electron chi connectivity index (χ0n) is 17.2. The Morgan fingerprint density at radius 1 is 1.04 bits per heavy atom. The largest absolute Gasteiger partial charge is 0.396 e. The van der Waals surface area contributed by atoms with E-state index in [0.717, 1.165) is 19.5 Å². The molecular formula is C23H37N3O. The fourth-order valence-corrected chi connectivity index (χ4v) is 5.56. The van der Waals surface area contributed by atoms with Crippen molar-refractivity contribution in [3.8, 4) is 0 Å². The average Bonchev–Trinajstić information content (AvgIpc) is 3.16. The maximum absolute atomic E-state index is 9.49. The lowest BCUT2D eigenvalue weighted by molar-refractivity contribution is 0.0134. The topological polar surface area (TPSA) is 30.0 Å². The molecule has 0 aromatic heterocycles. The summed E-state index contributed by atoms with van der Waals surface area (Å²) in [6.07, 6.45) is 7.32. The lowest BCUT2D eigenvalue weighted by Gasteiger charge is -2.48. The van der Waals surface area contributed by atoms with Gasteiger partial charge in [0.15, 0.2) is 0 Å². The number of fused-ring (bicyclic) bond motifs is 1. The van der Waals surface area contributed by atoms with Crippen molar-refractivity contribution in [3.63, 3.8) is 0 Å². The van der Waals surface area contributed by atoms with Gasteiger partial charge in [-0.3, -0.25) is 9.80 Å². The van der Waals surface area contributed by atoms with Crippen LogP contribution in [0.3, 0.4) is 0 Å². The number of anilines is 1. The molecule has 0 spiro atoms. The molecule has 27 heavy (non-hydrogen) atoms. The summed E-state index contributed by atoms with van der Waals surface area (Å²) in [5.41, 5.74) is 4.61. The van der Waals surface area contributed by atoms with E-state index in [1.807, 2.05) is 0 Å². The van der Waals surface area contributed by atoms with Crippen LogP contribution in [0.5, 0.6) is 0 Å². The number of aliphatic hydroxyl groups is 1. The van der Waals surface area contributed by atoms with E-state index in [0.29, 0.717) is 24.7 Å². The van der Waals surface area contributed by atoms with Crippen LogP contribution in [0, 0.1) is 0 Å². The first-order valence-corrected chi connectivity index (χ1v) is 11.1. The fourth-order valence-electron chi connectivity index (χ4n) is 5.56. The molecule has 4 nitrogen and oxygen atoms in total. The number of benzene rings is 1. The van der Waals surface area contributed by atoms with Crippen molar-refractivity contribution < 1.29 is 5.11 Å². The summed E-state index contributed by atoms with van der Waals surface area (Å²) in [7, 11) is 0. The molecule has 150 valence electrons. The Morgan fingerprint density at radius 3 is 2.56 bits per heavy atom. The Morgan fingerprint density at radius 2 is 1.81 bits per heavy atom. The van der Waals surface area contributed by atoms with Gasteiger partial charge < -0.3 is 10.0 Å². The van der Waals surface area contributed by atoms with E-state index >= 15 is 0 Å². The molecule has 0 unspecified atom stereocenters. The lowest BCUT2D eigenvalue weighted by Crippen LogP contribution is -2.59. The van der Waals surface area contributed by atoms with Gasteiger partial charge in [-0.25, -0.2) is 0 Å². The smallest absolute Gasteiger partial charge is 0.0446 e. The van der Waals surface area contributed by atoms with Crippen molar-refractivity contribution >= 4 is 5.69 Å². The predicted molar refractivity (Wildman–Crippen MR) is 113 cm³/mol. The van der Waals surface area contributed by atoms with Gasteiger partial charge in [0, 0.05) is 63.1 Å². The number of hydrogen-bond acceptors (Lipinski definition) is 4. The molecule has 0 saturated carbocycles. The molecule has 4 rings (SSSR count). The molecule has 2 heterocycles. The average molecular weight is 372 g/mol. The highest BCUT2D eigenvalue weighted by Crippen LogP contribution is 2.30. The van der Waals surface area contributed by atoms with Crippen LogP contribution in [0.25, 0.3) is 0 Å². The molecule has 1 aromatic rings. The van der Waals surface area contributed by atoms with Gasteiger partial charge in [-0.2, -0.15) is 0 Å². The van der Waals surface area contributed by atoms with Gasteiger partial charge in [-0.05, 0) is 75.6 Å². The summed E-state index contributed by atoms with van der Waals surface area (Å²) in [5.74, 6) is 0. The van der Waals surface area contributed by atoms with E-state index in [9.17, 15) is 5.11 Å². The highest BCUT2D eigenvalue weighted by Gasteiger charge is 2.33. The molecule has 1 N–H and O–H groups in total. The first-order chi connectivity index (χ1) is 13.2. The van der Waals surface area contributed by atoms with Gasteiger partial charge in [-0.15, -0.1) is 0 Å². The van der Waals surface area contributed by atoms with Crippen molar-refractivity contribution in [2.45, 2.75) is 70.5 Å². The molecule has 0 bridgehead atoms. The molecule has 1 aromatic carbocycles. The number of aryl methyl sites for hydroxylation is 2. The van der Waals surface area contributed by atoms with Crippen molar-refractivity contribution in [2.24, 2.45) is 0 Å². The number of hydrogen-bond donors (Lipinski definition) is 1. The Hall–Kier alpha value is -1.10. The molecule has 4 heteroatoms. The molecule has 0 radical (unpaired) electrons. The second-order valence-electron chi connectivity index (χ2n) is 9.02. The minimum Gasteiger partial charge on any atom is -0.396 e. The van der Waals surface area contributed by atoms with E-state index in [4.69, 9.17) is 0 Å². The Kier molecular flexibility index (Phi) is 6.05. The summed E-state index contributed by atoms with van der Waals surface area (Å²) >= 11 is 0. The lowest BCUT2D eigenvalue weighted by atomic mass is 9.98. The fraction of sp³-hybridized carbons (Fsp3) is 0.739. The van der Waals surface area contributed by atoms with Crippen LogP contribution in [-0.4, -0.2) is 72.4 Å². The van der Waals surface area contributed by atoms with Crippen LogP contribution in [-0.2, 0) is 12.8 Å². The van der Waals surface area contributed by atoms with Crippen molar-refractivity contribution in [1.82, 2.24) is 9.80 Å². The van der Waals surface area contributed by atoms with E-state index in [2.05, 4.69) is 46.7 Å². The van der Waals surface area contributed by atoms with Crippen LogP contribution in [0.15, 0.2) is 18.2 Å². The van der Waals surface area contributed by atoms with Crippen LogP contribution >= 0.6 is 0 Å². The van der Waals surface area contributed by atoms with Crippen LogP contribution in [0.4, 0.5) is 5.69 Å². The maximum Gasteiger partial charge on any atom is 0.0446 e. The molecule has 0 amide bonds. The normalized spacial score (nSPS) is 25.3. The SMILES string of the molecule is CC(C)N1CCN(C2CCN(c3ccc4c(c3)CCC4)CC2)C[C@H]1CCO. The minimum absolute atomic E-state index is 0.304. The third-order valence-corrected chi connectivity index (χ3v) is 7.11. The first-order valence-electron chi connectivity index (χ1n) is 11.1. The van der Waals surface area contributed by atoms with Gasteiger partial charge in [0.25, 0.3) is 0 Å². The number of aliphatic hydroxyl groups excluding tert-OH is 1. The van der Waals surface area contributed by atoms with Gasteiger partial charge in [0.2, 0.25) is 0 Å². The van der Waals surface area contributed by atoms with Gasteiger partial charge in [0.1, 0.15) is 0 Å². The molecule has 3 aliphatic rings. The molecule has 1 aliphatic carbocycles. The first kappa shape index (κ1) is 19.2. The van der Waals surface area contributed by atoms with Crippen LogP contribution in [0.1, 0.15) is 50.7 Å². The van der Waals surface area contributed by atoms with E-state index in [-0.39, 0.29) is 0 Å². The summed E-state index contributed by atoms with van der Waals surface area (Å²) < 4.78 is 0. The summed E-state index contributed by atoms with van der Waals surface area (Å²) in [6.45, 7) is 10.7. The third kappa shape index (κ3) is 4.18. The standard InChI is InChI=1S/C23H37N3O/c1-18(2)26-14-13-25(17-23(26)10-15-27)21-8-11-24(12-9-21)22-7-6-19-4-3-5-20(19)16-22/h6-7,16,18,21,23,27H,3-5,8-15,17H2,1-2H3/t23-/m1/s1. The van der Waals surface area contributed by atoms with Crippen molar-refractivity contribution in [2.75, 3.05) is 44.2 Å². The summed E-state index contributed by atoms with van der Waals surface area (Å²) in [5, 5.41) is 9.49. The highest BCUT2D eigenvalue weighted by molar-refractivity contribution is 5.52. The second kappa shape index (κ2) is 8.50. The van der Waals surface area contributed by atoms with E-state index in [1.165, 1.54) is 57.4 Å². The zero-order valence-corrected chi connectivity index (χ0v) is 17.2. The van der Waals surface area contributed by atoms with Gasteiger partial charge in [-0.1, -0.05) is 6.07 Å². The number of rotatable bonds is 5. The Balaban J connectivity index is 1.34. The van der Waals surface area contributed by atoms with Gasteiger partial charge >= 0.3 is 0 Å². The number of piperidine rings is 1. The predicted octanol–water partition coefficient (Wildman–Crippen LogP) is 2.92. The van der Waals surface area contributed by atoms with Crippen LogP contribution < -0.4 is 4.90 Å².